The number of rotatable bonds is 5. The Morgan fingerprint density at radius 1 is 1.10 bits per heavy atom. The van der Waals surface area contributed by atoms with E-state index in [9.17, 15) is 0 Å². The number of benzene rings is 1. The molecule has 1 aliphatic heterocycles. The number of piperazine rings is 1. The van der Waals surface area contributed by atoms with E-state index >= 15 is 0 Å². The van der Waals surface area contributed by atoms with Crippen molar-refractivity contribution in [1.82, 2.24) is 14.7 Å². The van der Waals surface area contributed by atoms with Crippen LogP contribution >= 0.6 is 0 Å². The molecule has 1 aromatic carbocycles. The Hall–Kier alpha value is -0.900. The molecule has 0 aromatic heterocycles. The number of nitrogens with zero attached hydrogens (tertiary/aromatic N) is 3. The molecule has 0 radical (unpaired) electrons. The van der Waals surface area contributed by atoms with Crippen LogP contribution in [0.25, 0.3) is 0 Å². The number of aryl methyl sites for hydroxylation is 1. The molecule has 0 atom stereocenters. The van der Waals surface area contributed by atoms with Gasteiger partial charge in [-0.1, -0.05) is 43.7 Å². The van der Waals surface area contributed by atoms with Gasteiger partial charge in [0, 0.05) is 45.8 Å². The number of hydrogen-bond donors (Lipinski definition) is 0. The summed E-state index contributed by atoms with van der Waals surface area (Å²) in [5.74, 6) is 0. The van der Waals surface area contributed by atoms with E-state index in [-0.39, 0.29) is 0 Å². The Morgan fingerprint density at radius 3 is 2.38 bits per heavy atom. The minimum absolute atomic E-state index is 1.05. The highest BCUT2D eigenvalue weighted by molar-refractivity contribution is 5.21. The van der Waals surface area contributed by atoms with Crippen LogP contribution in [-0.4, -0.2) is 68.1 Å². The first kappa shape index (κ1) is 18.1. The third kappa shape index (κ3) is 7.07. The fourth-order valence-corrected chi connectivity index (χ4v) is 2.58. The van der Waals surface area contributed by atoms with Crippen LogP contribution in [0.2, 0.25) is 0 Å². The van der Waals surface area contributed by atoms with Crippen molar-refractivity contribution in [3.63, 3.8) is 0 Å². The van der Waals surface area contributed by atoms with E-state index in [1.807, 2.05) is 13.8 Å². The van der Waals surface area contributed by atoms with Crippen molar-refractivity contribution >= 4 is 0 Å². The summed E-state index contributed by atoms with van der Waals surface area (Å²) >= 11 is 0. The van der Waals surface area contributed by atoms with Crippen molar-refractivity contribution in [1.29, 1.82) is 0 Å². The van der Waals surface area contributed by atoms with Gasteiger partial charge in [-0.3, -0.25) is 4.90 Å². The first-order valence-corrected chi connectivity index (χ1v) is 8.28. The monoisotopic (exact) mass is 291 g/mol. The van der Waals surface area contributed by atoms with Crippen molar-refractivity contribution in [3.8, 4) is 0 Å². The molecule has 3 nitrogen and oxygen atoms in total. The average molecular weight is 291 g/mol. The zero-order chi connectivity index (χ0) is 15.7. The van der Waals surface area contributed by atoms with Crippen molar-refractivity contribution in [2.24, 2.45) is 0 Å². The van der Waals surface area contributed by atoms with E-state index in [0.29, 0.717) is 0 Å². The highest BCUT2D eigenvalue weighted by Crippen LogP contribution is 2.07. The van der Waals surface area contributed by atoms with Crippen LogP contribution in [-0.2, 0) is 6.54 Å². The molecule has 0 N–H and O–H groups in total. The molecule has 1 saturated heterocycles. The van der Waals surface area contributed by atoms with E-state index in [1.54, 1.807) is 0 Å². The number of likely N-dealkylation sites (N-methyl/N-ethyl adjacent to an activating group) is 2. The molecule has 0 aliphatic carbocycles. The Labute approximate surface area is 131 Å². The standard InChI is InChI=1S/C16H27N3.C2H6/c1-15-5-4-6-16(13-15)14-18(3)9-12-19-10-7-17(2)8-11-19;1-2/h4-6,13H,7-12,14H2,1-3H3;1-2H3. The van der Waals surface area contributed by atoms with Gasteiger partial charge in [-0.05, 0) is 26.6 Å². The van der Waals surface area contributed by atoms with Gasteiger partial charge in [-0.2, -0.15) is 0 Å². The average Bonchev–Trinajstić information content (AvgIpc) is 2.49. The van der Waals surface area contributed by atoms with Crippen LogP contribution in [0.1, 0.15) is 25.0 Å². The lowest BCUT2D eigenvalue weighted by Crippen LogP contribution is -2.46. The maximum atomic E-state index is 2.58. The van der Waals surface area contributed by atoms with Gasteiger partial charge in [0.1, 0.15) is 0 Å². The molecule has 0 bridgehead atoms. The summed E-state index contributed by atoms with van der Waals surface area (Å²) in [6.07, 6.45) is 0. The van der Waals surface area contributed by atoms with E-state index in [2.05, 4.69) is 60.0 Å². The predicted molar refractivity (Wildman–Crippen MR) is 92.8 cm³/mol. The summed E-state index contributed by atoms with van der Waals surface area (Å²) < 4.78 is 0. The largest absolute Gasteiger partial charge is 0.304 e. The molecule has 3 heteroatoms. The second-order valence-corrected chi connectivity index (χ2v) is 5.87. The highest BCUT2D eigenvalue weighted by Gasteiger charge is 2.13. The number of hydrogen-bond acceptors (Lipinski definition) is 3. The maximum Gasteiger partial charge on any atom is 0.0231 e. The lowest BCUT2D eigenvalue weighted by molar-refractivity contribution is 0.139. The third-order valence-corrected chi connectivity index (χ3v) is 3.93. The summed E-state index contributed by atoms with van der Waals surface area (Å²) in [5.41, 5.74) is 2.77. The molecule has 1 aliphatic rings. The van der Waals surface area contributed by atoms with Gasteiger partial charge in [0.15, 0.2) is 0 Å². The molecule has 0 unspecified atom stereocenters. The molecule has 0 spiro atoms. The summed E-state index contributed by atoms with van der Waals surface area (Å²) in [4.78, 5) is 7.41. The third-order valence-electron chi connectivity index (χ3n) is 3.93. The molecule has 21 heavy (non-hydrogen) atoms. The van der Waals surface area contributed by atoms with Crippen molar-refractivity contribution in [3.05, 3.63) is 35.4 Å². The summed E-state index contributed by atoms with van der Waals surface area (Å²) in [7, 11) is 4.43. The maximum absolute atomic E-state index is 2.58. The molecule has 0 saturated carbocycles. The SMILES string of the molecule is CC.Cc1cccc(CN(C)CCN2CCN(C)CC2)c1. The summed E-state index contributed by atoms with van der Waals surface area (Å²) in [6.45, 7) is 14.4. The minimum Gasteiger partial charge on any atom is -0.304 e. The van der Waals surface area contributed by atoms with Crippen molar-refractivity contribution in [2.45, 2.75) is 27.3 Å². The van der Waals surface area contributed by atoms with E-state index in [1.165, 1.54) is 43.9 Å². The van der Waals surface area contributed by atoms with Crippen LogP contribution in [0, 0.1) is 6.92 Å². The Bertz CT molecular complexity index is 384. The Morgan fingerprint density at radius 2 is 1.76 bits per heavy atom. The zero-order valence-electron chi connectivity index (χ0n) is 14.6. The lowest BCUT2D eigenvalue weighted by Gasteiger charge is -2.33. The van der Waals surface area contributed by atoms with Crippen LogP contribution < -0.4 is 0 Å². The normalized spacial score (nSPS) is 16.7. The predicted octanol–water partition coefficient (Wildman–Crippen LogP) is 2.70. The van der Waals surface area contributed by atoms with Gasteiger partial charge in [0.05, 0.1) is 0 Å². The highest BCUT2D eigenvalue weighted by atomic mass is 15.3. The van der Waals surface area contributed by atoms with E-state index in [4.69, 9.17) is 0 Å². The zero-order valence-corrected chi connectivity index (χ0v) is 14.6. The summed E-state index contributed by atoms with van der Waals surface area (Å²) in [6, 6.07) is 8.82. The smallest absolute Gasteiger partial charge is 0.0231 e. The second kappa shape index (κ2) is 9.93. The van der Waals surface area contributed by atoms with Gasteiger partial charge in [-0.15, -0.1) is 0 Å². The molecule has 1 fully saturated rings. The van der Waals surface area contributed by atoms with Crippen LogP contribution in [0.3, 0.4) is 0 Å². The summed E-state index contributed by atoms with van der Waals surface area (Å²) in [5, 5.41) is 0. The van der Waals surface area contributed by atoms with Crippen molar-refractivity contribution < 1.29 is 0 Å². The van der Waals surface area contributed by atoms with Crippen LogP contribution in [0.4, 0.5) is 0 Å². The van der Waals surface area contributed by atoms with Crippen LogP contribution in [0.15, 0.2) is 24.3 Å². The van der Waals surface area contributed by atoms with Gasteiger partial charge in [0.25, 0.3) is 0 Å². The quantitative estimate of drug-likeness (QED) is 0.826. The topological polar surface area (TPSA) is 9.72 Å². The van der Waals surface area contributed by atoms with Gasteiger partial charge in [0.2, 0.25) is 0 Å². The molecule has 1 heterocycles. The fraction of sp³-hybridized carbons (Fsp3) is 0.667. The van der Waals surface area contributed by atoms with Crippen molar-refractivity contribution in [2.75, 3.05) is 53.4 Å². The first-order chi connectivity index (χ1) is 10.1. The fourth-order valence-electron chi connectivity index (χ4n) is 2.58. The Balaban J connectivity index is 0.00000106. The van der Waals surface area contributed by atoms with Gasteiger partial charge < -0.3 is 9.80 Å². The lowest BCUT2D eigenvalue weighted by atomic mass is 10.1. The molecule has 1 aromatic rings. The molecule has 2 rings (SSSR count). The van der Waals surface area contributed by atoms with Gasteiger partial charge >= 0.3 is 0 Å². The Kier molecular flexibility index (Phi) is 8.58. The van der Waals surface area contributed by atoms with E-state index < -0.39 is 0 Å². The van der Waals surface area contributed by atoms with E-state index in [0.717, 1.165) is 13.1 Å². The molecular weight excluding hydrogens is 258 g/mol. The van der Waals surface area contributed by atoms with Crippen LogP contribution in [0.5, 0.6) is 0 Å². The molecule has 120 valence electrons. The molecule has 0 amide bonds. The van der Waals surface area contributed by atoms with Gasteiger partial charge in [-0.25, -0.2) is 0 Å². The molecular formula is C18H33N3. The minimum atomic E-state index is 1.05. The second-order valence-electron chi connectivity index (χ2n) is 5.87. The first-order valence-electron chi connectivity index (χ1n) is 8.28.